The average molecular weight is 384 g/mol. The Balaban J connectivity index is 2.06. The molecule has 0 bridgehead atoms. The van der Waals surface area contributed by atoms with Gasteiger partial charge in [0, 0.05) is 0 Å². The van der Waals surface area contributed by atoms with E-state index in [-0.39, 0.29) is 6.61 Å². The summed E-state index contributed by atoms with van der Waals surface area (Å²) in [5.41, 5.74) is -1.06. The lowest BCUT2D eigenvalue weighted by molar-refractivity contribution is -0.307. The summed E-state index contributed by atoms with van der Waals surface area (Å²) in [6.45, 7) is 1.73. The van der Waals surface area contributed by atoms with Gasteiger partial charge in [0.15, 0.2) is 17.8 Å². The molecule has 4 N–H and O–H groups in total. The minimum atomic E-state index is -1.87. The molecule has 1 aliphatic heterocycles. The lowest BCUT2D eigenvalue weighted by atomic mass is 9.93. The first-order valence-electron chi connectivity index (χ1n) is 8.41. The highest BCUT2D eigenvalue weighted by Crippen LogP contribution is 2.28. The number of hydrogen-bond donors (Lipinski definition) is 4. The van der Waals surface area contributed by atoms with Gasteiger partial charge in [0.25, 0.3) is 0 Å². The van der Waals surface area contributed by atoms with Crippen LogP contribution in [0.3, 0.4) is 0 Å². The van der Waals surface area contributed by atoms with Gasteiger partial charge in [-0.25, -0.2) is 0 Å². The zero-order valence-electron chi connectivity index (χ0n) is 15.0. The van der Waals surface area contributed by atoms with Gasteiger partial charge in [-0.2, -0.15) is 0 Å². The fraction of sp³-hybridized carbons (Fsp3) is 0.556. The third-order valence-corrected chi connectivity index (χ3v) is 4.37. The van der Waals surface area contributed by atoms with E-state index in [1.165, 1.54) is 0 Å². The van der Waals surface area contributed by atoms with Crippen molar-refractivity contribution in [3.05, 3.63) is 35.9 Å². The highest BCUT2D eigenvalue weighted by Gasteiger charge is 2.49. The van der Waals surface area contributed by atoms with Gasteiger partial charge in [-0.15, -0.1) is 0 Å². The third kappa shape index (κ3) is 4.82. The van der Waals surface area contributed by atoms with Gasteiger partial charge in [-0.3, -0.25) is 9.59 Å². The van der Waals surface area contributed by atoms with Crippen molar-refractivity contribution < 1.29 is 44.2 Å². The molecule has 27 heavy (non-hydrogen) atoms. The van der Waals surface area contributed by atoms with Crippen molar-refractivity contribution in [3.63, 3.8) is 0 Å². The monoisotopic (exact) mass is 384 g/mol. The van der Waals surface area contributed by atoms with Crippen LogP contribution in [0.15, 0.2) is 30.3 Å². The highest BCUT2D eigenvalue weighted by molar-refractivity contribution is 5.98. The third-order valence-electron chi connectivity index (χ3n) is 4.37. The van der Waals surface area contributed by atoms with E-state index < -0.39 is 54.7 Å². The van der Waals surface area contributed by atoms with Crippen molar-refractivity contribution in [3.8, 4) is 0 Å². The molecule has 2 rings (SSSR count). The fourth-order valence-electron chi connectivity index (χ4n) is 2.45. The molecule has 0 amide bonds. The van der Waals surface area contributed by atoms with Crippen LogP contribution in [0.2, 0.25) is 0 Å². The van der Waals surface area contributed by atoms with Gasteiger partial charge < -0.3 is 34.6 Å². The second kappa shape index (κ2) is 8.77. The Hall–Kier alpha value is -2.04. The molecule has 1 saturated heterocycles. The molecule has 1 fully saturated rings. The van der Waals surface area contributed by atoms with E-state index in [0.717, 1.165) is 19.4 Å². The number of benzene rings is 1. The Morgan fingerprint density at radius 3 is 2.33 bits per heavy atom. The van der Waals surface area contributed by atoms with E-state index in [2.05, 4.69) is 0 Å². The van der Waals surface area contributed by atoms with E-state index in [1.54, 1.807) is 12.1 Å². The van der Waals surface area contributed by atoms with Crippen LogP contribution in [-0.4, -0.2) is 69.7 Å². The second-order valence-electron chi connectivity index (χ2n) is 6.80. The van der Waals surface area contributed by atoms with Crippen LogP contribution in [0.1, 0.15) is 19.4 Å². The molecule has 150 valence electrons. The molecule has 0 spiro atoms. The summed E-state index contributed by atoms with van der Waals surface area (Å²) in [5, 5.41) is 39.2. The SMILES string of the molecule is CC(C)(C(=O)O)C(=O)O[C@H]1[C@H](O)[C@@H](O)[C@H](OCc2ccccc2)O[C@@H]1CO. The number of carboxylic acids is 1. The molecule has 0 aliphatic carbocycles. The Labute approximate surface area is 156 Å². The lowest BCUT2D eigenvalue weighted by Crippen LogP contribution is -2.61. The molecule has 1 aromatic carbocycles. The topological polar surface area (TPSA) is 143 Å². The molecule has 0 radical (unpaired) electrons. The Kier molecular flexibility index (Phi) is 6.90. The number of aliphatic hydroxyl groups excluding tert-OH is 3. The quantitative estimate of drug-likeness (QED) is 0.367. The molecule has 1 aromatic rings. The first-order valence-corrected chi connectivity index (χ1v) is 8.41. The van der Waals surface area contributed by atoms with Gasteiger partial charge in [-0.1, -0.05) is 30.3 Å². The van der Waals surface area contributed by atoms with E-state index in [1.807, 2.05) is 18.2 Å². The van der Waals surface area contributed by atoms with Crippen molar-refractivity contribution >= 4 is 11.9 Å². The molecule has 0 aromatic heterocycles. The minimum absolute atomic E-state index is 0.0872. The van der Waals surface area contributed by atoms with Gasteiger partial charge in [0.1, 0.15) is 18.3 Å². The van der Waals surface area contributed by atoms with Gasteiger partial charge >= 0.3 is 11.9 Å². The minimum Gasteiger partial charge on any atom is -0.480 e. The Morgan fingerprint density at radius 2 is 1.78 bits per heavy atom. The van der Waals surface area contributed by atoms with Crippen molar-refractivity contribution in [2.75, 3.05) is 6.61 Å². The van der Waals surface area contributed by atoms with Crippen LogP contribution in [0.5, 0.6) is 0 Å². The number of carbonyl (C=O) groups is 2. The highest BCUT2D eigenvalue weighted by atomic mass is 16.7. The maximum Gasteiger partial charge on any atom is 0.323 e. The Bertz CT molecular complexity index is 643. The molecular formula is C18H24O9. The summed E-state index contributed by atoms with van der Waals surface area (Å²) in [6.07, 6.45) is -7.11. The first kappa shape index (κ1) is 21.3. The summed E-state index contributed by atoms with van der Waals surface area (Å²) < 4.78 is 15.9. The predicted molar refractivity (Wildman–Crippen MR) is 90.3 cm³/mol. The number of esters is 1. The average Bonchev–Trinajstić information content (AvgIpc) is 2.65. The molecule has 9 nitrogen and oxygen atoms in total. The zero-order chi connectivity index (χ0) is 20.2. The van der Waals surface area contributed by atoms with Gasteiger partial charge in [0.2, 0.25) is 0 Å². The smallest absolute Gasteiger partial charge is 0.323 e. The maximum atomic E-state index is 12.1. The normalized spacial score (nSPS) is 28.6. The number of rotatable bonds is 7. The molecular weight excluding hydrogens is 360 g/mol. The fourth-order valence-corrected chi connectivity index (χ4v) is 2.45. The summed E-state index contributed by atoms with van der Waals surface area (Å²) >= 11 is 0. The zero-order valence-corrected chi connectivity index (χ0v) is 15.0. The lowest BCUT2D eigenvalue weighted by Gasteiger charge is -2.41. The molecule has 1 aliphatic rings. The Morgan fingerprint density at radius 1 is 1.15 bits per heavy atom. The van der Waals surface area contributed by atoms with Crippen LogP contribution in [0.25, 0.3) is 0 Å². The first-order chi connectivity index (χ1) is 12.7. The van der Waals surface area contributed by atoms with Crippen molar-refractivity contribution in [1.29, 1.82) is 0 Å². The van der Waals surface area contributed by atoms with Crippen molar-refractivity contribution in [2.45, 2.75) is 51.2 Å². The van der Waals surface area contributed by atoms with Crippen LogP contribution >= 0.6 is 0 Å². The molecule has 9 heteroatoms. The predicted octanol–water partition coefficient (Wildman–Crippen LogP) is -0.335. The van der Waals surface area contributed by atoms with E-state index >= 15 is 0 Å². The second-order valence-corrected chi connectivity index (χ2v) is 6.80. The van der Waals surface area contributed by atoms with Gasteiger partial charge in [0.05, 0.1) is 13.2 Å². The molecule has 1 heterocycles. The van der Waals surface area contributed by atoms with E-state index in [9.17, 15) is 24.9 Å². The van der Waals surface area contributed by atoms with Crippen molar-refractivity contribution in [1.82, 2.24) is 0 Å². The van der Waals surface area contributed by atoms with Crippen LogP contribution in [0, 0.1) is 5.41 Å². The largest absolute Gasteiger partial charge is 0.480 e. The molecule has 0 unspecified atom stereocenters. The van der Waals surface area contributed by atoms with Gasteiger partial charge in [-0.05, 0) is 19.4 Å². The maximum absolute atomic E-state index is 12.1. The van der Waals surface area contributed by atoms with E-state index in [4.69, 9.17) is 19.3 Å². The standard InChI is InChI=1S/C18H24O9/c1-18(2,16(22)23)17(24)27-14-11(8-19)26-15(13(21)12(14)20)25-9-10-6-4-3-5-7-10/h3-7,11-15,19-21H,8-9H2,1-2H3,(H,22,23)/t11-,12-,13-,14-,15-/m1/s1. The number of carboxylic acid groups (broad SMARTS) is 1. The number of ether oxygens (including phenoxy) is 3. The summed E-state index contributed by atoms with van der Waals surface area (Å²) in [7, 11) is 0. The van der Waals surface area contributed by atoms with Crippen LogP contribution in [-0.2, 0) is 30.4 Å². The summed E-state index contributed by atoms with van der Waals surface area (Å²) in [4.78, 5) is 23.3. The number of aliphatic carboxylic acids is 1. The van der Waals surface area contributed by atoms with Crippen LogP contribution in [0.4, 0.5) is 0 Å². The number of carbonyl (C=O) groups excluding carboxylic acids is 1. The van der Waals surface area contributed by atoms with E-state index in [0.29, 0.717) is 0 Å². The number of hydrogen-bond acceptors (Lipinski definition) is 8. The molecule has 5 atom stereocenters. The molecule has 0 saturated carbocycles. The summed E-state index contributed by atoms with van der Waals surface area (Å²) in [6, 6.07) is 9.05. The summed E-state index contributed by atoms with van der Waals surface area (Å²) in [5.74, 6) is -2.54. The van der Waals surface area contributed by atoms with Crippen LogP contribution < -0.4 is 0 Å². The van der Waals surface area contributed by atoms with Crippen molar-refractivity contribution in [2.24, 2.45) is 5.41 Å². The number of aliphatic hydroxyl groups is 3.